The van der Waals surface area contributed by atoms with Gasteiger partial charge in [0.15, 0.2) is 0 Å². The molecular weight excluding hydrogens is 446 g/mol. The SMILES string of the molecule is COc1cc(N2CCN(C)CC2)ccc1Nc1ccc(Cl)c(Oc2cccc([N+](=O)[O-])c2)n1. The van der Waals surface area contributed by atoms with E-state index >= 15 is 0 Å². The second-order valence-corrected chi connectivity index (χ2v) is 8.05. The molecule has 2 heterocycles. The first-order valence-electron chi connectivity index (χ1n) is 10.4. The number of piperazine rings is 1. The Bertz CT molecular complexity index is 1150. The average molecular weight is 470 g/mol. The van der Waals surface area contributed by atoms with Crippen molar-refractivity contribution in [2.24, 2.45) is 0 Å². The van der Waals surface area contributed by atoms with E-state index in [9.17, 15) is 10.1 Å². The van der Waals surface area contributed by atoms with E-state index < -0.39 is 4.92 Å². The smallest absolute Gasteiger partial charge is 0.273 e. The van der Waals surface area contributed by atoms with Crippen LogP contribution in [-0.2, 0) is 0 Å². The number of nitro benzene ring substituents is 1. The Labute approximate surface area is 196 Å². The number of benzene rings is 2. The van der Waals surface area contributed by atoms with Gasteiger partial charge < -0.3 is 24.6 Å². The number of nitrogens with zero attached hydrogens (tertiary/aromatic N) is 4. The van der Waals surface area contributed by atoms with E-state index in [0.717, 1.165) is 37.6 Å². The molecule has 172 valence electrons. The number of rotatable bonds is 7. The van der Waals surface area contributed by atoms with E-state index in [-0.39, 0.29) is 22.3 Å². The van der Waals surface area contributed by atoms with E-state index in [0.29, 0.717) is 11.6 Å². The molecule has 1 aliphatic rings. The summed E-state index contributed by atoms with van der Waals surface area (Å²) < 4.78 is 11.3. The molecule has 0 bridgehead atoms. The zero-order valence-electron chi connectivity index (χ0n) is 18.3. The maximum absolute atomic E-state index is 11.0. The molecule has 0 amide bonds. The predicted octanol–water partition coefficient (Wildman–Crippen LogP) is 4.94. The summed E-state index contributed by atoms with van der Waals surface area (Å²) in [6, 6.07) is 15.2. The molecule has 0 aliphatic carbocycles. The van der Waals surface area contributed by atoms with Crippen molar-refractivity contribution < 1.29 is 14.4 Å². The third-order valence-corrected chi connectivity index (χ3v) is 5.66. The number of pyridine rings is 1. The van der Waals surface area contributed by atoms with Crippen molar-refractivity contribution in [3.63, 3.8) is 0 Å². The molecule has 0 radical (unpaired) electrons. The third-order valence-electron chi connectivity index (χ3n) is 5.37. The van der Waals surface area contributed by atoms with E-state index in [1.807, 2.05) is 18.2 Å². The summed E-state index contributed by atoms with van der Waals surface area (Å²) in [7, 11) is 3.75. The van der Waals surface area contributed by atoms with Crippen LogP contribution in [0.1, 0.15) is 0 Å². The van der Waals surface area contributed by atoms with Gasteiger partial charge in [0.25, 0.3) is 5.69 Å². The minimum Gasteiger partial charge on any atom is -0.494 e. The molecule has 3 aromatic rings. The Morgan fingerprint density at radius 2 is 1.88 bits per heavy atom. The molecule has 33 heavy (non-hydrogen) atoms. The molecule has 1 fully saturated rings. The van der Waals surface area contributed by atoms with Crippen molar-refractivity contribution in [2.45, 2.75) is 0 Å². The van der Waals surface area contributed by atoms with Crippen LogP contribution >= 0.6 is 11.6 Å². The minimum atomic E-state index is -0.488. The summed E-state index contributed by atoms with van der Waals surface area (Å²) in [6.07, 6.45) is 0. The van der Waals surface area contributed by atoms with Gasteiger partial charge in [-0.15, -0.1) is 0 Å². The molecule has 2 aromatic carbocycles. The summed E-state index contributed by atoms with van der Waals surface area (Å²) in [5, 5.41) is 14.5. The number of hydrogen-bond donors (Lipinski definition) is 1. The molecule has 1 saturated heterocycles. The van der Waals surface area contributed by atoms with E-state index in [1.165, 1.54) is 18.2 Å². The maximum atomic E-state index is 11.0. The number of likely N-dealkylation sites (N-methyl/N-ethyl adjacent to an activating group) is 1. The molecule has 10 heteroatoms. The zero-order valence-corrected chi connectivity index (χ0v) is 19.1. The van der Waals surface area contributed by atoms with Crippen molar-refractivity contribution in [1.82, 2.24) is 9.88 Å². The average Bonchev–Trinajstić information content (AvgIpc) is 2.82. The van der Waals surface area contributed by atoms with Crippen molar-refractivity contribution >= 4 is 34.5 Å². The highest BCUT2D eigenvalue weighted by molar-refractivity contribution is 6.31. The van der Waals surface area contributed by atoms with Crippen LogP contribution in [0.5, 0.6) is 17.4 Å². The fourth-order valence-electron chi connectivity index (χ4n) is 3.52. The van der Waals surface area contributed by atoms with Crippen molar-refractivity contribution in [3.05, 3.63) is 69.7 Å². The first-order chi connectivity index (χ1) is 15.9. The van der Waals surface area contributed by atoms with Crippen LogP contribution in [0.4, 0.5) is 22.9 Å². The number of anilines is 3. The van der Waals surface area contributed by atoms with Gasteiger partial charge in [0.2, 0.25) is 5.88 Å². The van der Waals surface area contributed by atoms with Gasteiger partial charge in [0.05, 0.1) is 23.8 Å². The summed E-state index contributed by atoms with van der Waals surface area (Å²) in [5.41, 5.74) is 1.76. The second kappa shape index (κ2) is 9.93. The van der Waals surface area contributed by atoms with Crippen LogP contribution in [0.3, 0.4) is 0 Å². The number of nitro groups is 1. The third kappa shape index (κ3) is 5.44. The normalized spacial score (nSPS) is 14.1. The van der Waals surface area contributed by atoms with Gasteiger partial charge in [0.1, 0.15) is 22.3 Å². The van der Waals surface area contributed by atoms with Gasteiger partial charge in [-0.05, 0) is 37.4 Å². The van der Waals surface area contributed by atoms with Crippen LogP contribution in [0, 0.1) is 10.1 Å². The lowest BCUT2D eigenvalue weighted by Gasteiger charge is -2.34. The molecule has 0 atom stereocenters. The van der Waals surface area contributed by atoms with Gasteiger partial charge in [-0.25, -0.2) is 0 Å². The summed E-state index contributed by atoms with van der Waals surface area (Å²) >= 11 is 6.24. The number of non-ortho nitro benzene ring substituents is 1. The van der Waals surface area contributed by atoms with Gasteiger partial charge in [-0.1, -0.05) is 17.7 Å². The predicted molar refractivity (Wildman–Crippen MR) is 128 cm³/mol. The zero-order chi connectivity index (χ0) is 23.4. The lowest BCUT2D eigenvalue weighted by atomic mass is 10.2. The van der Waals surface area contributed by atoms with Crippen molar-refractivity contribution in [1.29, 1.82) is 0 Å². The Morgan fingerprint density at radius 3 is 2.61 bits per heavy atom. The van der Waals surface area contributed by atoms with E-state index in [4.69, 9.17) is 21.1 Å². The Morgan fingerprint density at radius 1 is 1.09 bits per heavy atom. The fraction of sp³-hybridized carbons (Fsp3) is 0.261. The van der Waals surface area contributed by atoms with Crippen LogP contribution in [0.25, 0.3) is 0 Å². The van der Waals surface area contributed by atoms with Crippen LogP contribution in [0.2, 0.25) is 5.02 Å². The quantitative estimate of drug-likeness (QED) is 0.384. The fourth-order valence-corrected chi connectivity index (χ4v) is 3.66. The molecular formula is C23H24ClN5O4. The van der Waals surface area contributed by atoms with Gasteiger partial charge in [-0.2, -0.15) is 4.98 Å². The standard InChI is InChI=1S/C23H24ClN5O4/c1-27-10-12-28(13-11-27)16-6-8-20(21(15-16)32-2)25-22-9-7-19(24)23(26-22)33-18-5-3-4-17(14-18)29(30)31/h3-9,14-15H,10-13H2,1-2H3,(H,25,26). The monoisotopic (exact) mass is 469 g/mol. The van der Waals surface area contributed by atoms with Crippen molar-refractivity contribution in [2.75, 3.05) is 50.6 Å². The number of methoxy groups -OCH3 is 1. The minimum absolute atomic E-state index is 0.0805. The van der Waals surface area contributed by atoms with E-state index in [2.05, 4.69) is 27.1 Å². The molecule has 9 nitrogen and oxygen atoms in total. The van der Waals surface area contributed by atoms with Crippen LogP contribution in [0.15, 0.2) is 54.6 Å². The number of aromatic nitrogens is 1. The number of halogens is 1. The molecule has 1 aliphatic heterocycles. The largest absolute Gasteiger partial charge is 0.494 e. The summed E-state index contributed by atoms with van der Waals surface area (Å²) in [6.45, 7) is 3.96. The highest BCUT2D eigenvalue weighted by atomic mass is 35.5. The number of ether oxygens (including phenoxy) is 2. The highest BCUT2D eigenvalue weighted by Crippen LogP contribution is 2.34. The Balaban J connectivity index is 1.53. The van der Waals surface area contributed by atoms with Gasteiger partial charge in [0, 0.05) is 44.0 Å². The lowest BCUT2D eigenvalue weighted by molar-refractivity contribution is -0.384. The van der Waals surface area contributed by atoms with Crippen LogP contribution < -0.4 is 19.7 Å². The van der Waals surface area contributed by atoms with Crippen LogP contribution in [-0.4, -0.2) is 55.1 Å². The molecule has 0 unspecified atom stereocenters. The van der Waals surface area contributed by atoms with Gasteiger partial charge >= 0.3 is 0 Å². The molecule has 0 spiro atoms. The summed E-state index contributed by atoms with van der Waals surface area (Å²) in [5.74, 6) is 1.58. The maximum Gasteiger partial charge on any atom is 0.273 e. The number of hydrogen-bond acceptors (Lipinski definition) is 8. The topological polar surface area (TPSA) is 93.0 Å². The molecule has 0 saturated carbocycles. The number of nitrogens with one attached hydrogen (secondary N) is 1. The Kier molecular flexibility index (Phi) is 6.81. The molecule has 1 aromatic heterocycles. The lowest BCUT2D eigenvalue weighted by Crippen LogP contribution is -2.44. The van der Waals surface area contributed by atoms with Crippen molar-refractivity contribution in [3.8, 4) is 17.4 Å². The molecule has 4 rings (SSSR count). The summed E-state index contributed by atoms with van der Waals surface area (Å²) in [4.78, 5) is 19.6. The highest BCUT2D eigenvalue weighted by Gasteiger charge is 2.17. The molecule has 1 N–H and O–H groups in total. The Hall–Kier alpha value is -3.56. The second-order valence-electron chi connectivity index (χ2n) is 7.64. The van der Waals surface area contributed by atoms with E-state index in [1.54, 1.807) is 25.3 Å². The first kappa shape index (κ1) is 22.6. The van der Waals surface area contributed by atoms with Gasteiger partial charge in [-0.3, -0.25) is 10.1 Å². The first-order valence-corrected chi connectivity index (χ1v) is 10.8.